The maximum atomic E-state index is 11.9. The number of hydrogen-bond acceptors (Lipinski definition) is 3. The van der Waals surface area contributed by atoms with E-state index in [0.29, 0.717) is 18.6 Å². The van der Waals surface area contributed by atoms with E-state index in [1.54, 1.807) is 0 Å². The largest absolute Gasteiger partial charge is 0.483 e. The van der Waals surface area contributed by atoms with Gasteiger partial charge in [0.1, 0.15) is 5.75 Å². The molecule has 122 valence electrons. The predicted molar refractivity (Wildman–Crippen MR) is 85.1 cm³/mol. The van der Waals surface area contributed by atoms with Crippen molar-refractivity contribution in [1.82, 2.24) is 5.32 Å². The summed E-state index contributed by atoms with van der Waals surface area (Å²) in [4.78, 5) is 23.3. The van der Waals surface area contributed by atoms with Gasteiger partial charge in [0.25, 0.3) is 5.91 Å². The van der Waals surface area contributed by atoms with E-state index in [1.165, 1.54) is 0 Å². The molecule has 0 radical (unpaired) electrons. The fraction of sp³-hybridized carbons (Fsp3) is 0.529. The number of carboxylic acid groups (broad SMARTS) is 1. The van der Waals surface area contributed by atoms with Gasteiger partial charge in [-0.3, -0.25) is 9.59 Å². The van der Waals surface area contributed by atoms with Gasteiger partial charge >= 0.3 is 5.97 Å². The quantitative estimate of drug-likeness (QED) is 0.774. The number of para-hydroxylation sites is 1. The second-order valence-electron chi connectivity index (χ2n) is 5.58. The number of carbonyl (C=O) groups is 2. The Hall–Kier alpha value is -2.04. The van der Waals surface area contributed by atoms with Crippen LogP contribution in [-0.4, -0.2) is 30.1 Å². The highest BCUT2D eigenvalue weighted by molar-refractivity contribution is 5.80. The standard InChI is InChI=1S/C17H25NO4/c1-5-17(6-2,16(20)21)11-18-14(19)10-22-15-12(3)8-7-9-13(15)4/h7-9H,5-6,10-11H2,1-4H3,(H,18,19)(H,20,21). The van der Waals surface area contributed by atoms with Gasteiger partial charge in [0.05, 0.1) is 5.41 Å². The number of aliphatic carboxylic acids is 1. The molecule has 0 spiro atoms. The van der Waals surface area contributed by atoms with Crippen LogP contribution in [0.5, 0.6) is 5.75 Å². The zero-order chi connectivity index (χ0) is 16.8. The Kier molecular flexibility index (Phi) is 6.40. The smallest absolute Gasteiger partial charge is 0.311 e. The minimum Gasteiger partial charge on any atom is -0.483 e. The maximum Gasteiger partial charge on any atom is 0.311 e. The Labute approximate surface area is 131 Å². The van der Waals surface area contributed by atoms with Crippen LogP contribution in [-0.2, 0) is 9.59 Å². The van der Waals surface area contributed by atoms with Gasteiger partial charge in [-0.1, -0.05) is 32.0 Å². The lowest BCUT2D eigenvalue weighted by Crippen LogP contribution is -2.43. The van der Waals surface area contributed by atoms with E-state index in [-0.39, 0.29) is 19.1 Å². The summed E-state index contributed by atoms with van der Waals surface area (Å²) in [5.74, 6) is -0.489. The van der Waals surface area contributed by atoms with Crippen molar-refractivity contribution in [3.8, 4) is 5.75 Å². The van der Waals surface area contributed by atoms with Crippen molar-refractivity contribution in [3.05, 3.63) is 29.3 Å². The summed E-state index contributed by atoms with van der Waals surface area (Å²) in [6.07, 6.45) is 0.938. The van der Waals surface area contributed by atoms with Crippen LogP contribution in [0.25, 0.3) is 0 Å². The molecule has 0 aliphatic heterocycles. The first-order valence-electron chi connectivity index (χ1n) is 7.55. The topological polar surface area (TPSA) is 75.6 Å². The Morgan fingerprint density at radius 3 is 2.18 bits per heavy atom. The minimum atomic E-state index is -0.908. The van der Waals surface area contributed by atoms with Crippen molar-refractivity contribution in [2.45, 2.75) is 40.5 Å². The first kappa shape index (κ1) is 18.0. The fourth-order valence-electron chi connectivity index (χ4n) is 2.36. The molecule has 1 aromatic carbocycles. The van der Waals surface area contributed by atoms with Crippen molar-refractivity contribution in [2.75, 3.05) is 13.2 Å². The zero-order valence-electron chi connectivity index (χ0n) is 13.7. The van der Waals surface area contributed by atoms with E-state index in [1.807, 2.05) is 45.9 Å². The van der Waals surface area contributed by atoms with Crippen LogP contribution in [0.3, 0.4) is 0 Å². The molecule has 0 unspecified atom stereocenters. The number of nitrogens with one attached hydrogen (secondary N) is 1. The molecule has 0 aliphatic rings. The van der Waals surface area contributed by atoms with Gasteiger partial charge in [-0.2, -0.15) is 0 Å². The van der Waals surface area contributed by atoms with Crippen molar-refractivity contribution in [2.24, 2.45) is 5.41 Å². The molecule has 1 rings (SSSR count). The molecule has 2 N–H and O–H groups in total. The molecule has 1 aromatic rings. The Morgan fingerprint density at radius 2 is 1.73 bits per heavy atom. The van der Waals surface area contributed by atoms with E-state index in [4.69, 9.17) is 4.74 Å². The molecule has 0 saturated heterocycles. The van der Waals surface area contributed by atoms with Crippen LogP contribution < -0.4 is 10.1 Å². The molecule has 22 heavy (non-hydrogen) atoms. The molecular weight excluding hydrogens is 282 g/mol. The lowest BCUT2D eigenvalue weighted by Gasteiger charge is -2.26. The van der Waals surface area contributed by atoms with Crippen LogP contribution in [0.15, 0.2) is 18.2 Å². The first-order chi connectivity index (χ1) is 10.4. The molecule has 1 amide bonds. The Morgan fingerprint density at radius 1 is 1.18 bits per heavy atom. The minimum absolute atomic E-state index is 0.115. The number of benzene rings is 1. The summed E-state index contributed by atoms with van der Waals surface area (Å²) >= 11 is 0. The number of aryl methyl sites for hydroxylation is 2. The van der Waals surface area contributed by atoms with Gasteiger partial charge in [0, 0.05) is 6.54 Å². The summed E-state index contributed by atoms with van der Waals surface area (Å²) in [6.45, 7) is 7.47. The molecule has 0 bridgehead atoms. The molecule has 5 nitrogen and oxygen atoms in total. The number of hydrogen-bond donors (Lipinski definition) is 2. The van der Waals surface area contributed by atoms with Gasteiger partial charge in [0.15, 0.2) is 6.61 Å². The highest BCUT2D eigenvalue weighted by Gasteiger charge is 2.35. The molecule has 5 heteroatoms. The summed E-state index contributed by atoms with van der Waals surface area (Å²) in [5.41, 5.74) is 1.03. The van der Waals surface area contributed by atoms with Crippen LogP contribution in [0.1, 0.15) is 37.8 Å². The monoisotopic (exact) mass is 307 g/mol. The van der Waals surface area contributed by atoms with E-state index in [9.17, 15) is 14.7 Å². The van der Waals surface area contributed by atoms with Gasteiger partial charge in [-0.25, -0.2) is 0 Å². The number of carbonyl (C=O) groups excluding carboxylic acids is 1. The lowest BCUT2D eigenvalue weighted by atomic mass is 9.82. The number of amides is 1. The second-order valence-corrected chi connectivity index (χ2v) is 5.58. The third-order valence-corrected chi connectivity index (χ3v) is 4.19. The van der Waals surface area contributed by atoms with E-state index in [2.05, 4.69) is 5.32 Å². The molecule has 0 atom stereocenters. The summed E-state index contributed by atoms with van der Waals surface area (Å²) in [5, 5.41) is 12.0. The molecule has 0 aliphatic carbocycles. The average molecular weight is 307 g/mol. The number of ether oxygens (including phenoxy) is 1. The highest BCUT2D eigenvalue weighted by atomic mass is 16.5. The highest BCUT2D eigenvalue weighted by Crippen LogP contribution is 2.26. The number of carboxylic acids is 1. The summed E-state index contributed by atoms with van der Waals surface area (Å²) in [7, 11) is 0. The van der Waals surface area contributed by atoms with E-state index < -0.39 is 11.4 Å². The normalized spacial score (nSPS) is 11.1. The van der Waals surface area contributed by atoms with E-state index >= 15 is 0 Å². The SMILES string of the molecule is CCC(CC)(CNC(=O)COc1c(C)cccc1C)C(=O)O. The van der Waals surface area contributed by atoms with Crippen LogP contribution >= 0.6 is 0 Å². The lowest BCUT2D eigenvalue weighted by molar-refractivity contribution is -0.149. The summed E-state index contributed by atoms with van der Waals surface area (Å²) < 4.78 is 5.56. The van der Waals surface area contributed by atoms with Gasteiger partial charge in [-0.15, -0.1) is 0 Å². The van der Waals surface area contributed by atoms with Crippen molar-refractivity contribution >= 4 is 11.9 Å². The van der Waals surface area contributed by atoms with Crippen molar-refractivity contribution < 1.29 is 19.4 Å². The second kappa shape index (κ2) is 7.82. The van der Waals surface area contributed by atoms with Crippen molar-refractivity contribution in [3.63, 3.8) is 0 Å². The zero-order valence-corrected chi connectivity index (χ0v) is 13.7. The predicted octanol–water partition coefficient (Wildman–Crippen LogP) is 2.69. The molecule has 0 saturated carbocycles. The Bertz CT molecular complexity index is 515. The van der Waals surface area contributed by atoms with Gasteiger partial charge in [-0.05, 0) is 37.8 Å². The molecule has 0 heterocycles. The average Bonchev–Trinajstić information content (AvgIpc) is 2.48. The van der Waals surface area contributed by atoms with Gasteiger partial charge < -0.3 is 15.2 Å². The fourth-order valence-corrected chi connectivity index (χ4v) is 2.36. The van der Waals surface area contributed by atoms with Crippen molar-refractivity contribution in [1.29, 1.82) is 0 Å². The van der Waals surface area contributed by atoms with Crippen LogP contribution in [0.4, 0.5) is 0 Å². The summed E-state index contributed by atoms with van der Waals surface area (Å²) in [6, 6.07) is 5.77. The van der Waals surface area contributed by atoms with Gasteiger partial charge in [0.2, 0.25) is 0 Å². The van der Waals surface area contributed by atoms with E-state index in [0.717, 1.165) is 11.1 Å². The third kappa shape index (κ3) is 4.23. The Balaban J connectivity index is 2.59. The molecular formula is C17H25NO4. The third-order valence-electron chi connectivity index (χ3n) is 4.19. The van der Waals surface area contributed by atoms with Crippen LogP contribution in [0, 0.1) is 19.3 Å². The van der Waals surface area contributed by atoms with Crippen LogP contribution in [0.2, 0.25) is 0 Å². The molecule has 0 aromatic heterocycles. The number of rotatable bonds is 8. The maximum absolute atomic E-state index is 11.9. The molecule has 0 fully saturated rings. The first-order valence-corrected chi connectivity index (χ1v) is 7.55.